The lowest BCUT2D eigenvalue weighted by Crippen LogP contribution is -2.46. The van der Waals surface area contributed by atoms with Crippen LogP contribution in [0.1, 0.15) is 38.5 Å². The highest BCUT2D eigenvalue weighted by Crippen LogP contribution is 2.57. The minimum absolute atomic E-state index is 0.0846. The van der Waals surface area contributed by atoms with Crippen LogP contribution in [0.15, 0.2) is 0 Å². The third-order valence-electron chi connectivity index (χ3n) is 4.89. The van der Waals surface area contributed by atoms with Crippen LogP contribution in [-0.2, 0) is 0 Å². The largest absolute Gasteiger partial charge is 0.392 e. The quantitative estimate of drug-likeness (QED) is 0.703. The Hall–Kier alpha value is 0.270. The van der Waals surface area contributed by atoms with E-state index in [0.717, 1.165) is 24.5 Å². The van der Waals surface area contributed by atoms with Gasteiger partial charge in [-0.05, 0) is 55.9 Å². The molecule has 4 unspecified atom stereocenters. The molecule has 2 fully saturated rings. The second-order valence-electron chi connectivity index (χ2n) is 5.67. The number of aliphatic hydroxyl groups is 1. The zero-order valence-corrected chi connectivity index (χ0v) is 11.1. The number of fused-ring (bicyclic) bond motifs is 2. The fourth-order valence-electron chi connectivity index (χ4n) is 3.99. The maximum absolute atomic E-state index is 10.5. The average molecular weight is 243 g/mol. The Balaban J connectivity index is 1.93. The summed E-state index contributed by atoms with van der Waals surface area (Å²) in [4.78, 5) is 0. The van der Waals surface area contributed by atoms with Crippen LogP contribution in [0.4, 0.5) is 0 Å². The van der Waals surface area contributed by atoms with E-state index in [0.29, 0.717) is 12.5 Å². The molecule has 94 valence electrons. The van der Waals surface area contributed by atoms with Crippen LogP contribution in [0.25, 0.3) is 0 Å². The maximum Gasteiger partial charge on any atom is 0.0611 e. The Morgan fingerprint density at radius 1 is 1.50 bits per heavy atom. The molecule has 2 bridgehead atoms. The summed E-state index contributed by atoms with van der Waals surface area (Å²) in [5.41, 5.74) is 6.08. The van der Waals surface area contributed by atoms with E-state index in [4.69, 9.17) is 5.73 Å². The van der Waals surface area contributed by atoms with Crippen LogP contribution in [0.5, 0.6) is 0 Å². The van der Waals surface area contributed by atoms with Crippen molar-refractivity contribution in [1.82, 2.24) is 0 Å². The first-order valence-electron chi connectivity index (χ1n) is 6.60. The monoisotopic (exact) mass is 243 g/mol. The lowest BCUT2D eigenvalue weighted by molar-refractivity contribution is -0.0161. The fraction of sp³-hybridized carbons (Fsp3) is 1.00. The van der Waals surface area contributed by atoms with Crippen LogP contribution >= 0.6 is 11.8 Å². The van der Waals surface area contributed by atoms with Crippen molar-refractivity contribution in [2.24, 2.45) is 23.0 Å². The van der Waals surface area contributed by atoms with Gasteiger partial charge in [0.25, 0.3) is 0 Å². The number of hydrogen-bond donors (Lipinski definition) is 2. The van der Waals surface area contributed by atoms with Crippen molar-refractivity contribution in [3.05, 3.63) is 0 Å². The molecule has 0 aromatic carbocycles. The third kappa shape index (κ3) is 2.14. The van der Waals surface area contributed by atoms with Crippen LogP contribution in [0.3, 0.4) is 0 Å². The molecule has 16 heavy (non-hydrogen) atoms. The Kier molecular flexibility index (Phi) is 4.20. The lowest BCUT2D eigenvalue weighted by atomic mass is 9.68. The standard InChI is InChI=1S/C13H25NOS/c1-16-6-2-3-12(15)13(9-14)8-10-4-5-11(13)7-10/h10-12,15H,2-9,14H2,1H3. The minimum atomic E-state index is -0.153. The number of hydrogen-bond acceptors (Lipinski definition) is 3. The molecule has 0 radical (unpaired) electrons. The molecule has 3 heteroatoms. The van der Waals surface area contributed by atoms with Crippen molar-refractivity contribution in [2.75, 3.05) is 18.6 Å². The van der Waals surface area contributed by atoms with Gasteiger partial charge in [0.2, 0.25) is 0 Å². The summed E-state index contributed by atoms with van der Waals surface area (Å²) in [6.07, 6.45) is 9.25. The van der Waals surface area contributed by atoms with Gasteiger partial charge in [0.15, 0.2) is 0 Å². The number of nitrogens with two attached hydrogens (primary N) is 1. The van der Waals surface area contributed by atoms with Gasteiger partial charge in [-0.25, -0.2) is 0 Å². The van der Waals surface area contributed by atoms with Crippen LogP contribution in [0.2, 0.25) is 0 Å². The third-order valence-corrected chi connectivity index (χ3v) is 5.59. The molecule has 2 saturated carbocycles. The van der Waals surface area contributed by atoms with E-state index < -0.39 is 0 Å². The second-order valence-corrected chi connectivity index (χ2v) is 6.65. The zero-order valence-electron chi connectivity index (χ0n) is 10.3. The van der Waals surface area contributed by atoms with Crippen molar-refractivity contribution in [3.8, 4) is 0 Å². The van der Waals surface area contributed by atoms with Gasteiger partial charge in [0.1, 0.15) is 0 Å². The maximum atomic E-state index is 10.5. The zero-order chi connectivity index (χ0) is 11.6. The summed E-state index contributed by atoms with van der Waals surface area (Å²) in [6, 6.07) is 0. The van der Waals surface area contributed by atoms with Crippen molar-refractivity contribution < 1.29 is 5.11 Å². The second kappa shape index (κ2) is 5.28. The Labute approximate surface area is 103 Å². The highest BCUT2D eigenvalue weighted by molar-refractivity contribution is 7.98. The van der Waals surface area contributed by atoms with E-state index in [-0.39, 0.29) is 11.5 Å². The normalized spacial score (nSPS) is 39.2. The molecule has 2 aliphatic rings. The predicted octanol–water partition coefficient (Wildman–Crippen LogP) is 2.26. The molecular weight excluding hydrogens is 218 g/mol. The SMILES string of the molecule is CSCCCC(O)C1(CN)CC2CCC1C2. The molecular formula is C13H25NOS. The van der Waals surface area contributed by atoms with E-state index in [1.54, 1.807) is 0 Å². The van der Waals surface area contributed by atoms with E-state index in [2.05, 4.69) is 6.26 Å². The fourth-order valence-corrected chi connectivity index (χ4v) is 4.44. The summed E-state index contributed by atoms with van der Waals surface area (Å²) in [5.74, 6) is 2.74. The van der Waals surface area contributed by atoms with Gasteiger partial charge in [0, 0.05) is 12.0 Å². The molecule has 0 aromatic heterocycles. The molecule has 3 N–H and O–H groups in total. The Morgan fingerprint density at radius 3 is 2.81 bits per heavy atom. The van der Waals surface area contributed by atoms with Gasteiger partial charge in [-0.3, -0.25) is 0 Å². The number of rotatable bonds is 6. The van der Waals surface area contributed by atoms with Gasteiger partial charge >= 0.3 is 0 Å². The van der Waals surface area contributed by atoms with Crippen molar-refractivity contribution in [2.45, 2.75) is 44.6 Å². The molecule has 0 aromatic rings. The molecule has 0 spiro atoms. The van der Waals surface area contributed by atoms with Gasteiger partial charge < -0.3 is 10.8 Å². The van der Waals surface area contributed by atoms with E-state index in [1.807, 2.05) is 11.8 Å². The summed E-state index contributed by atoms with van der Waals surface area (Å²) in [6.45, 7) is 0.689. The number of thioether (sulfide) groups is 1. The van der Waals surface area contributed by atoms with Crippen molar-refractivity contribution in [1.29, 1.82) is 0 Å². The van der Waals surface area contributed by atoms with Gasteiger partial charge in [-0.2, -0.15) is 11.8 Å². The summed E-state index contributed by atoms with van der Waals surface area (Å²) >= 11 is 1.87. The average Bonchev–Trinajstić information content (AvgIpc) is 2.89. The summed E-state index contributed by atoms with van der Waals surface area (Å²) in [7, 11) is 0. The van der Waals surface area contributed by atoms with Gasteiger partial charge in [-0.1, -0.05) is 6.42 Å². The first-order chi connectivity index (χ1) is 7.73. The molecule has 0 amide bonds. The van der Waals surface area contributed by atoms with E-state index >= 15 is 0 Å². The topological polar surface area (TPSA) is 46.2 Å². The van der Waals surface area contributed by atoms with Crippen molar-refractivity contribution >= 4 is 11.8 Å². The molecule has 4 atom stereocenters. The van der Waals surface area contributed by atoms with Crippen LogP contribution in [0, 0.1) is 17.3 Å². The summed E-state index contributed by atoms with van der Waals surface area (Å²) in [5, 5.41) is 10.5. The van der Waals surface area contributed by atoms with E-state index in [1.165, 1.54) is 25.7 Å². The smallest absolute Gasteiger partial charge is 0.0611 e. The molecule has 0 heterocycles. The highest BCUT2D eigenvalue weighted by Gasteiger charge is 2.53. The Morgan fingerprint density at radius 2 is 2.31 bits per heavy atom. The number of aliphatic hydroxyl groups excluding tert-OH is 1. The first-order valence-corrected chi connectivity index (χ1v) is 7.99. The van der Waals surface area contributed by atoms with Crippen LogP contribution in [-0.4, -0.2) is 29.8 Å². The van der Waals surface area contributed by atoms with E-state index in [9.17, 15) is 5.11 Å². The highest BCUT2D eigenvalue weighted by atomic mass is 32.2. The molecule has 2 rings (SSSR count). The minimum Gasteiger partial charge on any atom is -0.392 e. The Bertz CT molecular complexity index is 236. The van der Waals surface area contributed by atoms with Crippen molar-refractivity contribution in [3.63, 3.8) is 0 Å². The molecule has 2 aliphatic carbocycles. The van der Waals surface area contributed by atoms with Gasteiger partial charge in [-0.15, -0.1) is 0 Å². The first kappa shape index (κ1) is 12.7. The molecule has 0 saturated heterocycles. The molecule has 2 nitrogen and oxygen atoms in total. The van der Waals surface area contributed by atoms with Crippen LogP contribution < -0.4 is 5.73 Å². The molecule has 0 aliphatic heterocycles. The van der Waals surface area contributed by atoms with Gasteiger partial charge in [0.05, 0.1) is 6.10 Å². The summed E-state index contributed by atoms with van der Waals surface area (Å²) < 4.78 is 0. The predicted molar refractivity (Wildman–Crippen MR) is 70.6 cm³/mol. The lowest BCUT2D eigenvalue weighted by Gasteiger charge is -2.41.